The maximum atomic E-state index is 6.53. The number of unbranched alkanes of at least 4 members (excludes halogenated alkanes) is 2. The molecule has 1 nitrogen and oxygen atoms in total. The zero-order valence-electron chi connectivity index (χ0n) is 22.2. The smallest absolute Gasteiger partial charge is 0.0575 e. The Bertz CT molecular complexity index is 523. The van der Waals surface area contributed by atoms with Gasteiger partial charge < -0.3 is 4.74 Å². The topological polar surface area (TPSA) is 9.23 Å². The van der Waals surface area contributed by atoms with E-state index in [0.717, 1.165) is 48.0 Å². The Labute approximate surface area is 206 Å². The molecule has 0 aromatic rings. The van der Waals surface area contributed by atoms with Gasteiger partial charge in [-0.2, -0.15) is 0 Å². The van der Waals surface area contributed by atoms with Crippen LogP contribution < -0.4 is 0 Å². The van der Waals surface area contributed by atoms with Crippen LogP contribution in [0.2, 0.25) is 0 Å². The van der Waals surface area contributed by atoms with E-state index in [1.165, 1.54) is 128 Å². The maximum absolute atomic E-state index is 6.53. The minimum absolute atomic E-state index is 0.582. The van der Waals surface area contributed by atoms with Gasteiger partial charge in [-0.25, -0.2) is 0 Å². The molecule has 4 aliphatic rings. The highest BCUT2D eigenvalue weighted by Gasteiger charge is 2.33. The molecule has 0 bridgehead atoms. The first-order valence-corrected chi connectivity index (χ1v) is 15.5. The van der Waals surface area contributed by atoms with Crippen molar-refractivity contribution in [1.29, 1.82) is 0 Å². The summed E-state index contributed by atoms with van der Waals surface area (Å²) in [6.07, 6.45) is 31.9. The van der Waals surface area contributed by atoms with E-state index in [0.29, 0.717) is 6.10 Å². The quantitative estimate of drug-likeness (QED) is 0.235. The summed E-state index contributed by atoms with van der Waals surface area (Å²) in [5.74, 6) is 6.83. The molecule has 4 saturated carbocycles. The summed E-state index contributed by atoms with van der Waals surface area (Å²) >= 11 is 0. The number of hydrogen-bond donors (Lipinski definition) is 0. The molecule has 4 rings (SSSR count). The lowest BCUT2D eigenvalue weighted by atomic mass is 9.69. The van der Waals surface area contributed by atoms with Crippen LogP contribution in [0.15, 0.2) is 12.7 Å². The second-order valence-electron chi connectivity index (χ2n) is 12.8. The van der Waals surface area contributed by atoms with Gasteiger partial charge in [0.1, 0.15) is 0 Å². The SMILES string of the molecule is C=CC1CCC(C2CCC(COC3CCC(C4CCC(CCCCC)CC4)CC3)CC2)CC1. The van der Waals surface area contributed by atoms with Crippen molar-refractivity contribution >= 4 is 0 Å². The summed E-state index contributed by atoms with van der Waals surface area (Å²) in [7, 11) is 0. The average Bonchev–Trinajstić information content (AvgIpc) is 2.89. The van der Waals surface area contributed by atoms with Crippen molar-refractivity contribution in [3.63, 3.8) is 0 Å². The molecule has 4 aliphatic carbocycles. The second kappa shape index (κ2) is 13.7. The Hall–Kier alpha value is -0.300. The van der Waals surface area contributed by atoms with Crippen molar-refractivity contribution in [3.05, 3.63) is 12.7 Å². The Balaban J connectivity index is 1.06. The van der Waals surface area contributed by atoms with E-state index < -0.39 is 0 Å². The van der Waals surface area contributed by atoms with Gasteiger partial charge in [0.25, 0.3) is 0 Å². The molecular weight excluding hydrogens is 400 g/mol. The fourth-order valence-corrected chi connectivity index (χ4v) is 8.31. The Kier molecular flexibility index (Phi) is 10.7. The zero-order valence-corrected chi connectivity index (χ0v) is 22.2. The molecule has 33 heavy (non-hydrogen) atoms. The average molecular weight is 457 g/mol. The monoisotopic (exact) mass is 456 g/mol. The largest absolute Gasteiger partial charge is 0.378 e. The van der Waals surface area contributed by atoms with Crippen LogP contribution >= 0.6 is 0 Å². The molecular formula is C32H56O. The third-order valence-electron chi connectivity index (χ3n) is 10.8. The van der Waals surface area contributed by atoms with Gasteiger partial charge in [0.2, 0.25) is 0 Å². The molecule has 0 radical (unpaired) electrons. The number of allylic oxidation sites excluding steroid dienone is 1. The van der Waals surface area contributed by atoms with Gasteiger partial charge in [-0.1, -0.05) is 51.5 Å². The lowest BCUT2D eigenvalue weighted by molar-refractivity contribution is -0.0192. The molecule has 4 fully saturated rings. The van der Waals surface area contributed by atoms with Crippen LogP contribution in [0.5, 0.6) is 0 Å². The Morgan fingerprint density at radius 3 is 1.61 bits per heavy atom. The summed E-state index contributed by atoms with van der Waals surface area (Å²) in [4.78, 5) is 0. The first kappa shape index (κ1) is 25.8. The van der Waals surface area contributed by atoms with Gasteiger partial charge in [0.15, 0.2) is 0 Å². The highest BCUT2D eigenvalue weighted by molar-refractivity contribution is 4.88. The summed E-state index contributed by atoms with van der Waals surface area (Å²) in [6.45, 7) is 7.41. The molecule has 1 heteroatoms. The normalized spacial score (nSPS) is 40.4. The van der Waals surface area contributed by atoms with E-state index >= 15 is 0 Å². The molecule has 0 amide bonds. The van der Waals surface area contributed by atoms with E-state index in [-0.39, 0.29) is 0 Å². The Morgan fingerprint density at radius 2 is 1.09 bits per heavy atom. The third kappa shape index (κ3) is 7.85. The molecule has 0 saturated heterocycles. The molecule has 0 unspecified atom stereocenters. The van der Waals surface area contributed by atoms with E-state index in [4.69, 9.17) is 4.74 Å². The van der Waals surface area contributed by atoms with Crippen LogP contribution in [0.4, 0.5) is 0 Å². The van der Waals surface area contributed by atoms with Crippen molar-refractivity contribution in [2.45, 2.75) is 141 Å². The predicted molar refractivity (Wildman–Crippen MR) is 142 cm³/mol. The van der Waals surface area contributed by atoms with Crippen LogP contribution in [-0.4, -0.2) is 12.7 Å². The molecule has 0 N–H and O–H groups in total. The minimum Gasteiger partial charge on any atom is -0.378 e. The zero-order chi connectivity index (χ0) is 22.9. The van der Waals surface area contributed by atoms with Crippen LogP contribution in [0, 0.1) is 41.4 Å². The first-order chi connectivity index (χ1) is 16.2. The van der Waals surface area contributed by atoms with E-state index in [9.17, 15) is 0 Å². The van der Waals surface area contributed by atoms with Crippen LogP contribution in [0.25, 0.3) is 0 Å². The molecule has 0 aromatic heterocycles. The number of rotatable bonds is 10. The van der Waals surface area contributed by atoms with Gasteiger partial charge in [-0.05, 0) is 131 Å². The summed E-state index contributed by atoms with van der Waals surface area (Å²) in [6, 6.07) is 0. The summed E-state index contributed by atoms with van der Waals surface area (Å²) in [5, 5.41) is 0. The fourth-order valence-electron chi connectivity index (χ4n) is 8.31. The van der Waals surface area contributed by atoms with Crippen molar-refractivity contribution in [2.75, 3.05) is 6.61 Å². The lowest BCUT2D eigenvalue weighted by Crippen LogP contribution is -2.31. The van der Waals surface area contributed by atoms with E-state index in [2.05, 4.69) is 19.6 Å². The van der Waals surface area contributed by atoms with Gasteiger partial charge in [0.05, 0.1) is 6.10 Å². The molecule has 0 heterocycles. The van der Waals surface area contributed by atoms with E-state index in [1.807, 2.05) is 0 Å². The third-order valence-corrected chi connectivity index (χ3v) is 10.8. The Morgan fingerprint density at radius 1 is 0.606 bits per heavy atom. The van der Waals surface area contributed by atoms with Gasteiger partial charge in [-0.15, -0.1) is 6.58 Å². The van der Waals surface area contributed by atoms with Gasteiger partial charge in [0, 0.05) is 6.61 Å². The van der Waals surface area contributed by atoms with Crippen LogP contribution in [-0.2, 0) is 4.74 Å². The predicted octanol–water partition coefficient (Wildman–Crippen LogP) is 9.75. The first-order valence-electron chi connectivity index (χ1n) is 15.5. The molecule has 0 aromatic carbocycles. The second-order valence-corrected chi connectivity index (χ2v) is 12.8. The molecule has 0 aliphatic heterocycles. The van der Waals surface area contributed by atoms with E-state index in [1.54, 1.807) is 0 Å². The summed E-state index contributed by atoms with van der Waals surface area (Å²) in [5.41, 5.74) is 0. The van der Waals surface area contributed by atoms with Crippen LogP contribution in [0.1, 0.15) is 135 Å². The van der Waals surface area contributed by atoms with Gasteiger partial charge >= 0.3 is 0 Å². The maximum Gasteiger partial charge on any atom is 0.0575 e. The summed E-state index contributed by atoms with van der Waals surface area (Å²) < 4.78 is 6.53. The van der Waals surface area contributed by atoms with Crippen molar-refractivity contribution in [1.82, 2.24) is 0 Å². The molecule has 0 atom stereocenters. The highest BCUT2D eigenvalue weighted by atomic mass is 16.5. The molecule has 190 valence electrons. The minimum atomic E-state index is 0.582. The lowest BCUT2D eigenvalue weighted by Gasteiger charge is -2.39. The van der Waals surface area contributed by atoms with Crippen molar-refractivity contribution < 1.29 is 4.74 Å². The van der Waals surface area contributed by atoms with Crippen molar-refractivity contribution in [3.8, 4) is 0 Å². The highest BCUT2D eigenvalue weighted by Crippen LogP contribution is 2.43. The van der Waals surface area contributed by atoms with Crippen molar-refractivity contribution in [2.24, 2.45) is 41.4 Å². The number of hydrogen-bond acceptors (Lipinski definition) is 1. The fraction of sp³-hybridized carbons (Fsp3) is 0.938. The standard InChI is InChI=1S/C32H56O/c1-3-5-6-7-26-10-16-29(17-11-26)31-20-22-32(23-21-31)33-24-27-12-18-30(19-13-27)28-14-8-25(4-2)9-15-28/h4,25-32H,2-3,5-24H2,1H3. The van der Waals surface area contributed by atoms with Gasteiger partial charge in [-0.3, -0.25) is 0 Å². The van der Waals surface area contributed by atoms with Crippen LogP contribution in [0.3, 0.4) is 0 Å². The molecule has 0 spiro atoms. The number of ether oxygens (including phenoxy) is 1.